The molecule has 2 aromatic rings. The van der Waals surface area contributed by atoms with Crippen molar-refractivity contribution >= 4 is 5.97 Å². The van der Waals surface area contributed by atoms with Crippen LogP contribution in [-0.4, -0.2) is 27.7 Å². The van der Waals surface area contributed by atoms with Crippen LogP contribution in [0.5, 0.6) is 5.75 Å². The summed E-state index contributed by atoms with van der Waals surface area (Å²) in [6, 6.07) is 7.12. The number of aryl methyl sites for hydroxylation is 1. The van der Waals surface area contributed by atoms with Crippen molar-refractivity contribution in [2.75, 3.05) is 6.61 Å². The third-order valence-electron chi connectivity index (χ3n) is 2.76. The summed E-state index contributed by atoms with van der Waals surface area (Å²) in [4.78, 5) is 29.4. The van der Waals surface area contributed by atoms with Crippen molar-refractivity contribution in [3.63, 3.8) is 0 Å². The molecule has 0 atom stereocenters. The Hall–Kier alpha value is -2.63. The lowest BCUT2D eigenvalue weighted by molar-refractivity contribution is 0.0693. The minimum atomic E-state index is -1.29. The van der Waals surface area contributed by atoms with Gasteiger partial charge < -0.3 is 14.8 Å². The first kappa shape index (κ1) is 13.8. The number of ether oxygens (including phenoxy) is 1. The lowest BCUT2D eigenvalue weighted by Gasteiger charge is -2.10. The standard InChI is InChI=1S/C14H14N2O4/c1-3-20-10-7-5-4-6-9(10)12-15-8(2)11(14(18)19)13(17)16-12/h4-7H,3H2,1-2H3,(H,18,19)(H,15,16,17). The van der Waals surface area contributed by atoms with E-state index >= 15 is 0 Å². The van der Waals surface area contributed by atoms with Gasteiger partial charge in [-0.2, -0.15) is 0 Å². The first-order valence-electron chi connectivity index (χ1n) is 6.11. The van der Waals surface area contributed by atoms with Crippen molar-refractivity contribution in [1.29, 1.82) is 0 Å². The molecule has 0 aliphatic carbocycles. The monoisotopic (exact) mass is 274 g/mol. The van der Waals surface area contributed by atoms with Crippen LogP contribution in [0.25, 0.3) is 11.4 Å². The normalized spacial score (nSPS) is 10.3. The zero-order chi connectivity index (χ0) is 14.7. The van der Waals surface area contributed by atoms with Crippen LogP contribution in [0.2, 0.25) is 0 Å². The van der Waals surface area contributed by atoms with E-state index in [4.69, 9.17) is 9.84 Å². The van der Waals surface area contributed by atoms with Gasteiger partial charge in [-0.25, -0.2) is 9.78 Å². The lowest BCUT2D eigenvalue weighted by atomic mass is 10.1. The van der Waals surface area contributed by atoms with Crippen LogP contribution in [0.3, 0.4) is 0 Å². The maximum absolute atomic E-state index is 11.8. The largest absolute Gasteiger partial charge is 0.493 e. The van der Waals surface area contributed by atoms with E-state index in [9.17, 15) is 9.59 Å². The highest BCUT2D eigenvalue weighted by molar-refractivity contribution is 5.88. The number of para-hydroxylation sites is 1. The first-order chi connectivity index (χ1) is 9.54. The van der Waals surface area contributed by atoms with Gasteiger partial charge in [-0.1, -0.05) is 12.1 Å². The molecule has 2 rings (SSSR count). The van der Waals surface area contributed by atoms with Crippen LogP contribution in [0.15, 0.2) is 29.1 Å². The van der Waals surface area contributed by atoms with Gasteiger partial charge in [0.15, 0.2) is 0 Å². The molecule has 0 bridgehead atoms. The van der Waals surface area contributed by atoms with E-state index in [1.807, 2.05) is 13.0 Å². The third-order valence-corrected chi connectivity index (χ3v) is 2.76. The maximum atomic E-state index is 11.8. The molecule has 104 valence electrons. The van der Waals surface area contributed by atoms with Crippen LogP contribution in [0.1, 0.15) is 23.0 Å². The van der Waals surface area contributed by atoms with E-state index in [0.717, 1.165) is 0 Å². The fraction of sp³-hybridized carbons (Fsp3) is 0.214. The molecule has 1 aromatic heterocycles. The van der Waals surface area contributed by atoms with Crippen LogP contribution in [0, 0.1) is 6.92 Å². The summed E-state index contributed by atoms with van der Waals surface area (Å²) in [5.41, 5.74) is -0.233. The maximum Gasteiger partial charge on any atom is 0.343 e. The fourth-order valence-electron chi connectivity index (χ4n) is 1.91. The minimum Gasteiger partial charge on any atom is -0.493 e. The Balaban J connectivity index is 2.60. The van der Waals surface area contributed by atoms with Gasteiger partial charge in [0.05, 0.1) is 17.9 Å². The van der Waals surface area contributed by atoms with Gasteiger partial charge in [-0.05, 0) is 26.0 Å². The Labute approximate surface area is 115 Å². The molecule has 0 unspecified atom stereocenters. The van der Waals surface area contributed by atoms with Crippen molar-refractivity contribution in [1.82, 2.24) is 9.97 Å². The minimum absolute atomic E-state index is 0.169. The van der Waals surface area contributed by atoms with Gasteiger partial charge in [-0.15, -0.1) is 0 Å². The summed E-state index contributed by atoms with van der Waals surface area (Å²) >= 11 is 0. The summed E-state index contributed by atoms with van der Waals surface area (Å²) in [6.45, 7) is 3.82. The Morgan fingerprint density at radius 3 is 2.70 bits per heavy atom. The molecular formula is C14H14N2O4. The molecule has 1 aromatic carbocycles. The number of nitrogens with zero attached hydrogens (tertiary/aromatic N) is 1. The Bertz CT molecular complexity index is 707. The van der Waals surface area contributed by atoms with E-state index in [-0.39, 0.29) is 11.3 Å². The predicted molar refractivity (Wildman–Crippen MR) is 73.2 cm³/mol. The topological polar surface area (TPSA) is 92.3 Å². The molecule has 0 fully saturated rings. The number of aromatic amines is 1. The number of H-pyrrole nitrogens is 1. The zero-order valence-corrected chi connectivity index (χ0v) is 11.1. The van der Waals surface area contributed by atoms with Crippen molar-refractivity contribution < 1.29 is 14.6 Å². The van der Waals surface area contributed by atoms with Crippen LogP contribution in [0.4, 0.5) is 0 Å². The second-order valence-electron chi connectivity index (χ2n) is 4.11. The van der Waals surface area contributed by atoms with Gasteiger partial charge in [0.2, 0.25) is 0 Å². The number of carbonyl (C=O) groups is 1. The first-order valence-corrected chi connectivity index (χ1v) is 6.11. The molecule has 6 nitrogen and oxygen atoms in total. The highest BCUT2D eigenvalue weighted by atomic mass is 16.5. The van der Waals surface area contributed by atoms with Crippen LogP contribution < -0.4 is 10.3 Å². The van der Waals surface area contributed by atoms with Crippen molar-refractivity contribution in [2.24, 2.45) is 0 Å². The summed E-state index contributed by atoms with van der Waals surface area (Å²) in [6.07, 6.45) is 0. The zero-order valence-electron chi connectivity index (χ0n) is 11.1. The molecular weight excluding hydrogens is 260 g/mol. The molecule has 0 amide bonds. The number of aromatic nitrogens is 2. The van der Waals surface area contributed by atoms with E-state index in [1.165, 1.54) is 6.92 Å². The Morgan fingerprint density at radius 2 is 2.10 bits per heavy atom. The molecule has 2 N–H and O–H groups in total. The second-order valence-corrected chi connectivity index (χ2v) is 4.11. The Morgan fingerprint density at radius 1 is 1.40 bits per heavy atom. The Kier molecular flexibility index (Phi) is 3.84. The molecule has 6 heteroatoms. The number of hydrogen-bond acceptors (Lipinski definition) is 4. The quantitative estimate of drug-likeness (QED) is 0.887. The molecule has 0 saturated heterocycles. The number of carboxylic acids is 1. The van der Waals surface area contributed by atoms with Crippen LogP contribution in [-0.2, 0) is 0 Å². The molecule has 0 aliphatic rings. The van der Waals surface area contributed by atoms with E-state index in [1.54, 1.807) is 18.2 Å². The smallest absolute Gasteiger partial charge is 0.343 e. The summed E-state index contributed by atoms with van der Waals surface area (Å²) < 4.78 is 5.47. The average Bonchev–Trinajstić information content (AvgIpc) is 2.38. The number of nitrogens with one attached hydrogen (secondary N) is 1. The number of carboxylic acid groups (broad SMARTS) is 1. The van der Waals surface area contributed by atoms with E-state index < -0.39 is 11.5 Å². The van der Waals surface area contributed by atoms with E-state index in [2.05, 4.69) is 9.97 Å². The van der Waals surface area contributed by atoms with Gasteiger partial charge in [0.25, 0.3) is 5.56 Å². The summed E-state index contributed by atoms with van der Waals surface area (Å²) in [5.74, 6) is -0.414. The second kappa shape index (κ2) is 5.56. The highest BCUT2D eigenvalue weighted by Crippen LogP contribution is 2.26. The van der Waals surface area contributed by atoms with Crippen molar-refractivity contribution in [3.8, 4) is 17.1 Å². The molecule has 0 aliphatic heterocycles. The van der Waals surface area contributed by atoms with Crippen molar-refractivity contribution in [2.45, 2.75) is 13.8 Å². The van der Waals surface area contributed by atoms with Crippen molar-refractivity contribution in [3.05, 3.63) is 45.9 Å². The third kappa shape index (κ3) is 2.54. The molecule has 0 saturated carbocycles. The number of hydrogen-bond donors (Lipinski definition) is 2. The van der Waals surface area contributed by atoms with Gasteiger partial charge in [-0.3, -0.25) is 4.79 Å². The van der Waals surface area contributed by atoms with E-state index in [0.29, 0.717) is 23.7 Å². The van der Waals surface area contributed by atoms with Gasteiger partial charge in [0, 0.05) is 0 Å². The fourth-order valence-corrected chi connectivity index (χ4v) is 1.91. The van der Waals surface area contributed by atoms with Gasteiger partial charge >= 0.3 is 5.97 Å². The molecule has 0 spiro atoms. The molecule has 0 radical (unpaired) electrons. The average molecular weight is 274 g/mol. The molecule has 1 heterocycles. The summed E-state index contributed by atoms with van der Waals surface area (Å²) in [7, 11) is 0. The van der Waals surface area contributed by atoms with Gasteiger partial charge in [0.1, 0.15) is 17.1 Å². The highest BCUT2D eigenvalue weighted by Gasteiger charge is 2.17. The number of benzene rings is 1. The number of aromatic carboxylic acids is 1. The SMILES string of the molecule is CCOc1ccccc1-c1nc(C)c(C(=O)O)c(=O)[nH]1. The summed E-state index contributed by atoms with van der Waals surface area (Å²) in [5, 5.41) is 8.96. The lowest BCUT2D eigenvalue weighted by Crippen LogP contribution is -2.21. The number of rotatable bonds is 4. The van der Waals surface area contributed by atoms with Crippen LogP contribution >= 0.6 is 0 Å². The predicted octanol–water partition coefficient (Wildman–Crippen LogP) is 1.84. The molecule has 20 heavy (non-hydrogen) atoms.